The third kappa shape index (κ3) is 3.49. The molecule has 0 radical (unpaired) electrons. The van der Waals surface area contributed by atoms with Crippen LogP contribution in [0.1, 0.15) is 56.7 Å². The fraction of sp³-hybridized carbons (Fsp3) is 0.824. The van der Waals surface area contributed by atoms with Crippen molar-refractivity contribution in [2.24, 2.45) is 5.92 Å². The van der Waals surface area contributed by atoms with E-state index in [1.54, 1.807) is 0 Å². The van der Waals surface area contributed by atoms with Gasteiger partial charge in [0.25, 0.3) is 0 Å². The highest BCUT2D eigenvalue weighted by Gasteiger charge is 2.40. The summed E-state index contributed by atoms with van der Waals surface area (Å²) in [5.74, 6) is 0.694. The van der Waals surface area contributed by atoms with Crippen LogP contribution in [0.2, 0.25) is 0 Å². The lowest BCUT2D eigenvalue weighted by atomic mass is 9.78. The van der Waals surface area contributed by atoms with Crippen LogP contribution in [-0.4, -0.2) is 34.6 Å². The maximum absolute atomic E-state index is 4.69. The van der Waals surface area contributed by atoms with Crippen LogP contribution in [0.15, 0.2) is 5.38 Å². The molecule has 1 aromatic rings. The fourth-order valence-corrected chi connectivity index (χ4v) is 4.85. The van der Waals surface area contributed by atoms with E-state index in [0.29, 0.717) is 17.5 Å². The molecule has 4 heteroatoms. The zero-order valence-electron chi connectivity index (χ0n) is 13.7. The van der Waals surface area contributed by atoms with Crippen molar-refractivity contribution in [2.45, 2.75) is 71.0 Å². The second-order valence-electron chi connectivity index (χ2n) is 7.32. The summed E-state index contributed by atoms with van der Waals surface area (Å²) in [6.45, 7) is 10.2. The molecular weight excluding hydrogens is 278 g/mol. The van der Waals surface area contributed by atoms with Crippen molar-refractivity contribution >= 4 is 11.3 Å². The molecule has 1 aliphatic heterocycles. The van der Waals surface area contributed by atoms with Gasteiger partial charge in [0.15, 0.2) is 0 Å². The molecule has 2 heterocycles. The molecule has 3 nitrogen and oxygen atoms in total. The van der Waals surface area contributed by atoms with Crippen LogP contribution in [-0.2, 0) is 6.54 Å². The summed E-state index contributed by atoms with van der Waals surface area (Å²) in [4.78, 5) is 7.40. The minimum Gasteiger partial charge on any atom is -0.308 e. The number of piperazine rings is 1. The van der Waals surface area contributed by atoms with E-state index in [9.17, 15) is 0 Å². The Balaban J connectivity index is 1.74. The monoisotopic (exact) mass is 307 g/mol. The van der Waals surface area contributed by atoms with Crippen molar-refractivity contribution in [2.75, 3.05) is 13.1 Å². The Hall–Kier alpha value is -0.450. The molecule has 0 aromatic carbocycles. The number of nitrogens with zero attached hydrogens (tertiary/aromatic N) is 2. The van der Waals surface area contributed by atoms with Crippen molar-refractivity contribution < 1.29 is 0 Å². The Morgan fingerprint density at radius 2 is 2.14 bits per heavy atom. The standard InChI is InChI=1S/C17H29N3S/c1-13(2)15-9-18-17(7-5-4-6-8-17)12-20(15)10-16-19-14(3)11-21-16/h11,13,15,18H,4-10,12H2,1-3H3. The minimum absolute atomic E-state index is 0.385. The molecule has 0 amide bonds. The molecule has 1 saturated heterocycles. The summed E-state index contributed by atoms with van der Waals surface area (Å²) < 4.78 is 0. The van der Waals surface area contributed by atoms with Crippen LogP contribution in [0, 0.1) is 12.8 Å². The highest BCUT2D eigenvalue weighted by Crippen LogP contribution is 2.33. The van der Waals surface area contributed by atoms with Gasteiger partial charge in [-0.25, -0.2) is 4.98 Å². The van der Waals surface area contributed by atoms with Gasteiger partial charge in [0.1, 0.15) is 5.01 Å². The predicted octanol–water partition coefficient (Wildman–Crippen LogP) is 3.58. The second kappa shape index (κ2) is 6.35. The predicted molar refractivity (Wildman–Crippen MR) is 89.7 cm³/mol. The van der Waals surface area contributed by atoms with E-state index in [0.717, 1.165) is 13.1 Å². The van der Waals surface area contributed by atoms with E-state index in [4.69, 9.17) is 0 Å². The van der Waals surface area contributed by atoms with Crippen molar-refractivity contribution in [1.29, 1.82) is 0 Å². The van der Waals surface area contributed by atoms with Gasteiger partial charge in [0, 0.05) is 35.7 Å². The highest BCUT2D eigenvalue weighted by molar-refractivity contribution is 7.09. The van der Waals surface area contributed by atoms with Gasteiger partial charge in [-0.2, -0.15) is 0 Å². The van der Waals surface area contributed by atoms with E-state index in [2.05, 4.69) is 41.4 Å². The quantitative estimate of drug-likeness (QED) is 0.925. The molecule has 3 rings (SSSR count). The Bertz CT molecular complexity index is 462. The van der Waals surface area contributed by atoms with Gasteiger partial charge in [0.2, 0.25) is 0 Å². The summed E-state index contributed by atoms with van der Waals surface area (Å²) in [5.41, 5.74) is 1.55. The summed E-state index contributed by atoms with van der Waals surface area (Å²) in [6.07, 6.45) is 6.91. The van der Waals surface area contributed by atoms with Crippen LogP contribution in [0.25, 0.3) is 0 Å². The summed E-state index contributed by atoms with van der Waals surface area (Å²) in [7, 11) is 0. The van der Waals surface area contributed by atoms with Gasteiger partial charge in [0.05, 0.1) is 6.54 Å². The Labute approximate surface area is 133 Å². The number of nitrogens with one attached hydrogen (secondary N) is 1. The Kier molecular flexibility index (Phi) is 4.67. The van der Waals surface area contributed by atoms with E-state index in [1.807, 2.05) is 11.3 Å². The van der Waals surface area contributed by atoms with Crippen LogP contribution >= 0.6 is 11.3 Å². The molecule has 1 aliphatic carbocycles. The number of thiazole rings is 1. The third-order valence-corrected chi connectivity index (χ3v) is 6.20. The van der Waals surface area contributed by atoms with Crippen LogP contribution < -0.4 is 5.32 Å². The normalized spacial score (nSPS) is 26.6. The molecule has 2 aliphatic rings. The first-order valence-corrected chi connectivity index (χ1v) is 9.36. The van der Waals surface area contributed by atoms with Crippen molar-refractivity contribution in [3.05, 3.63) is 16.1 Å². The smallest absolute Gasteiger partial charge is 0.107 e. The zero-order valence-corrected chi connectivity index (χ0v) is 14.5. The number of rotatable bonds is 3. The minimum atomic E-state index is 0.385. The summed E-state index contributed by atoms with van der Waals surface area (Å²) in [5, 5.41) is 7.39. The van der Waals surface area contributed by atoms with E-state index in [1.165, 1.54) is 49.4 Å². The number of aryl methyl sites for hydroxylation is 1. The molecule has 1 saturated carbocycles. The molecule has 1 aromatic heterocycles. The molecule has 1 atom stereocenters. The molecule has 118 valence electrons. The molecule has 2 fully saturated rings. The maximum atomic E-state index is 4.69. The first-order chi connectivity index (χ1) is 10.1. The molecule has 1 unspecified atom stereocenters. The lowest BCUT2D eigenvalue weighted by molar-refractivity contribution is 0.0308. The lowest BCUT2D eigenvalue weighted by Crippen LogP contribution is -2.65. The summed E-state index contributed by atoms with van der Waals surface area (Å²) in [6, 6.07) is 0.641. The fourth-order valence-electron chi connectivity index (χ4n) is 4.06. The van der Waals surface area contributed by atoms with Crippen molar-refractivity contribution in [3.8, 4) is 0 Å². The van der Waals surface area contributed by atoms with Crippen molar-refractivity contribution in [1.82, 2.24) is 15.2 Å². The largest absolute Gasteiger partial charge is 0.308 e. The van der Waals surface area contributed by atoms with Gasteiger partial charge in [-0.15, -0.1) is 11.3 Å². The molecular formula is C17H29N3S. The van der Waals surface area contributed by atoms with Gasteiger partial charge in [-0.05, 0) is 25.7 Å². The lowest BCUT2D eigenvalue weighted by Gasteiger charge is -2.50. The first-order valence-electron chi connectivity index (χ1n) is 8.48. The maximum Gasteiger partial charge on any atom is 0.107 e. The number of hydrogen-bond acceptors (Lipinski definition) is 4. The zero-order chi connectivity index (χ0) is 14.9. The van der Waals surface area contributed by atoms with Crippen LogP contribution in [0.4, 0.5) is 0 Å². The second-order valence-corrected chi connectivity index (χ2v) is 8.26. The van der Waals surface area contributed by atoms with E-state index < -0.39 is 0 Å². The van der Waals surface area contributed by atoms with E-state index in [-0.39, 0.29) is 0 Å². The van der Waals surface area contributed by atoms with Gasteiger partial charge >= 0.3 is 0 Å². The van der Waals surface area contributed by atoms with Crippen LogP contribution in [0.3, 0.4) is 0 Å². The van der Waals surface area contributed by atoms with Gasteiger partial charge < -0.3 is 5.32 Å². The molecule has 1 N–H and O–H groups in total. The average Bonchev–Trinajstić information content (AvgIpc) is 2.85. The van der Waals surface area contributed by atoms with Crippen LogP contribution in [0.5, 0.6) is 0 Å². The van der Waals surface area contributed by atoms with Gasteiger partial charge in [-0.3, -0.25) is 4.90 Å². The first kappa shape index (κ1) is 15.4. The Morgan fingerprint density at radius 3 is 2.76 bits per heavy atom. The molecule has 1 spiro atoms. The van der Waals surface area contributed by atoms with E-state index >= 15 is 0 Å². The average molecular weight is 308 g/mol. The molecule has 0 bridgehead atoms. The summed E-state index contributed by atoms with van der Waals surface area (Å²) >= 11 is 1.82. The third-order valence-electron chi connectivity index (χ3n) is 5.25. The highest BCUT2D eigenvalue weighted by atomic mass is 32.1. The van der Waals surface area contributed by atoms with Gasteiger partial charge in [-0.1, -0.05) is 33.1 Å². The molecule has 21 heavy (non-hydrogen) atoms. The van der Waals surface area contributed by atoms with Crippen molar-refractivity contribution in [3.63, 3.8) is 0 Å². The SMILES string of the molecule is Cc1csc(CN2CC3(CCCCC3)NCC2C(C)C)n1. The number of aromatic nitrogens is 1. The number of hydrogen-bond donors (Lipinski definition) is 1. The topological polar surface area (TPSA) is 28.2 Å². The Morgan fingerprint density at radius 1 is 1.38 bits per heavy atom.